The van der Waals surface area contributed by atoms with Gasteiger partial charge < -0.3 is 10.2 Å². The maximum Gasteiger partial charge on any atom is 0.371 e. The zero-order valence-corrected chi connectivity index (χ0v) is 11.1. The maximum absolute atomic E-state index is 11.9. The predicted octanol–water partition coefficient (Wildman–Crippen LogP) is 2.44. The predicted molar refractivity (Wildman–Crippen MR) is 74.0 cm³/mol. The first kappa shape index (κ1) is 14.0. The van der Waals surface area contributed by atoms with Gasteiger partial charge in [0.1, 0.15) is 0 Å². The van der Waals surface area contributed by atoms with Crippen molar-refractivity contribution in [1.29, 1.82) is 0 Å². The molecule has 6 heteroatoms. The summed E-state index contributed by atoms with van der Waals surface area (Å²) < 4.78 is 0. The van der Waals surface area contributed by atoms with Crippen LogP contribution in [0.2, 0.25) is 0 Å². The Morgan fingerprint density at radius 1 is 1.20 bits per heavy atom. The van der Waals surface area contributed by atoms with Gasteiger partial charge in [-0.05, 0) is 29.1 Å². The van der Waals surface area contributed by atoms with Crippen LogP contribution in [0.4, 0.5) is 0 Å². The van der Waals surface area contributed by atoms with Crippen LogP contribution >= 0.6 is 11.3 Å². The van der Waals surface area contributed by atoms with Gasteiger partial charge in [-0.1, -0.05) is 0 Å². The maximum atomic E-state index is 11.9. The number of rotatable bonds is 5. The Morgan fingerprint density at radius 3 is 2.55 bits per heavy atom. The average molecular weight is 289 g/mol. The summed E-state index contributed by atoms with van der Waals surface area (Å²) in [6.45, 7) is 0. The Morgan fingerprint density at radius 2 is 1.90 bits per heavy atom. The molecule has 0 aliphatic rings. The quantitative estimate of drug-likeness (QED) is 0.501. The summed E-state index contributed by atoms with van der Waals surface area (Å²) in [5.41, 5.74) is 1.41. The van der Waals surface area contributed by atoms with Crippen LogP contribution in [0.5, 0.6) is 0 Å². The van der Waals surface area contributed by atoms with Crippen molar-refractivity contribution >= 4 is 23.1 Å². The van der Waals surface area contributed by atoms with Gasteiger partial charge in [-0.25, -0.2) is 4.79 Å². The molecule has 0 bridgehead atoms. The molecule has 102 valence electrons. The molecule has 2 heterocycles. The molecule has 0 aliphatic carbocycles. The Labute approximate surface area is 118 Å². The minimum atomic E-state index is -1.52. The molecule has 0 spiro atoms. The monoisotopic (exact) mass is 289 g/mol. The summed E-state index contributed by atoms with van der Waals surface area (Å²) in [7, 11) is 0. The van der Waals surface area contributed by atoms with E-state index in [1.807, 2.05) is 12.1 Å². The molecule has 0 aliphatic heterocycles. The molecule has 0 radical (unpaired) electrons. The number of carbonyl (C=O) groups excluding carboxylic acids is 1. The van der Waals surface area contributed by atoms with E-state index in [-0.39, 0.29) is 0 Å². The molecule has 0 atom stereocenters. The van der Waals surface area contributed by atoms with Gasteiger partial charge in [0.25, 0.3) is 0 Å². The molecule has 0 unspecified atom stereocenters. The zero-order valence-electron chi connectivity index (χ0n) is 10.3. The van der Waals surface area contributed by atoms with Gasteiger partial charge in [0.2, 0.25) is 5.76 Å². The molecule has 0 amide bonds. The summed E-state index contributed by atoms with van der Waals surface area (Å²) in [6.07, 6.45) is 4.62. The lowest BCUT2D eigenvalue weighted by Crippen LogP contribution is -2.04. The van der Waals surface area contributed by atoms with Gasteiger partial charge in [-0.15, -0.1) is 11.3 Å². The normalized spacial score (nSPS) is 11.3. The minimum absolute atomic E-state index is 0.402. The van der Waals surface area contributed by atoms with Crippen LogP contribution in [0.3, 0.4) is 0 Å². The summed E-state index contributed by atoms with van der Waals surface area (Å²) in [6, 6.07) is 5.31. The van der Waals surface area contributed by atoms with E-state index >= 15 is 0 Å². The summed E-state index contributed by atoms with van der Waals surface area (Å²) in [4.78, 5) is 27.2. The SMILES string of the molecule is O=C(O)/C(O)=C/C(=O)c1ccsc1Cc1ccncc1. The highest BCUT2D eigenvalue weighted by Crippen LogP contribution is 2.21. The Balaban J connectivity index is 2.23. The van der Waals surface area contributed by atoms with Crippen molar-refractivity contribution in [2.75, 3.05) is 0 Å². The topological polar surface area (TPSA) is 87.5 Å². The standard InChI is InChI=1S/C14H11NO4S/c16-11(8-12(17)14(18)19)10-3-6-20-13(10)7-9-1-4-15-5-2-9/h1-6,8,17H,7H2,(H,18,19)/b12-8-. The number of allylic oxidation sites excluding steroid dienone is 1. The van der Waals surface area contributed by atoms with Crippen LogP contribution in [-0.4, -0.2) is 26.9 Å². The molecule has 5 nitrogen and oxygen atoms in total. The third-order valence-corrected chi connectivity index (χ3v) is 3.53. The van der Waals surface area contributed by atoms with Gasteiger partial charge in [0.05, 0.1) is 0 Å². The lowest BCUT2D eigenvalue weighted by atomic mass is 10.1. The van der Waals surface area contributed by atoms with Crippen LogP contribution in [0, 0.1) is 0 Å². The van der Waals surface area contributed by atoms with Crippen molar-refractivity contribution < 1.29 is 19.8 Å². The van der Waals surface area contributed by atoms with Gasteiger partial charge in [-0.2, -0.15) is 0 Å². The molecule has 0 saturated heterocycles. The molecule has 0 aromatic carbocycles. The molecule has 2 N–H and O–H groups in total. The second-order valence-electron chi connectivity index (χ2n) is 3.99. The summed E-state index contributed by atoms with van der Waals surface area (Å²) in [5.74, 6) is -3.00. The number of hydrogen-bond acceptors (Lipinski definition) is 5. The number of aromatic nitrogens is 1. The fraction of sp³-hybridized carbons (Fsp3) is 0.0714. The van der Waals surface area contributed by atoms with Gasteiger partial charge >= 0.3 is 5.97 Å². The number of carboxylic acids is 1. The molecule has 0 fully saturated rings. The van der Waals surface area contributed by atoms with Crippen LogP contribution in [0.1, 0.15) is 20.8 Å². The number of carboxylic acid groups (broad SMARTS) is 1. The summed E-state index contributed by atoms with van der Waals surface area (Å²) >= 11 is 1.41. The van der Waals surface area contributed by atoms with Crippen LogP contribution in [0.25, 0.3) is 0 Å². The Hall–Kier alpha value is -2.47. The van der Waals surface area contributed by atoms with Crippen molar-refractivity contribution in [1.82, 2.24) is 4.98 Å². The van der Waals surface area contributed by atoms with Crippen LogP contribution in [0.15, 0.2) is 47.8 Å². The number of aliphatic hydroxyl groups is 1. The number of aliphatic carboxylic acids is 1. The van der Waals surface area contributed by atoms with Crippen LogP contribution in [-0.2, 0) is 11.2 Å². The number of thiophene rings is 1. The number of carbonyl (C=O) groups is 2. The number of ketones is 1. The van der Waals surface area contributed by atoms with Gasteiger partial charge in [0.15, 0.2) is 5.78 Å². The van der Waals surface area contributed by atoms with E-state index in [0.29, 0.717) is 12.0 Å². The summed E-state index contributed by atoms with van der Waals surface area (Å²) in [5, 5.41) is 19.4. The smallest absolute Gasteiger partial charge is 0.371 e. The van der Waals surface area contributed by atoms with E-state index in [4.69, 9.17) is 10.2 Å². The number of aliphatic hydroxyl groups excluding tert-OH is 1. The number of pyridine rings is 1. The second kappa shape index (κ2) is 6.12. The molecule has 2 aromatic heterocycles. The van der Waals surface area contributed by atoms with Crippen molar-refractivity contribution in [2.45, 2.75) is 6.42 Å². The van der Waals surface area contributed by atoms with Crippen molar-refractivity contribution in [2.24, 2.45) is 0 Å². The highest BCUT2D eigenvalue weighted by Gasteiger charge is 2.14. The third-order valence-electron chi connectivity index (χ3n) is 2.61. The zero-order chi connectivity index (χ0) is 14.5. The van der Waals surface area contributed by atoms with Gasteiger partial charge in [0, 0.05) is 35.3 Å². The van der Waals surface area contributed by atoms with E-state index in [2.05, 4.69) is 4.98 Å². The fourth-order valence-electron chi connectivity index (χ4n) is 1.65. The lowest BCUT2D eigenvalue weighted by molar-refractivity contribution is -0.135. The van der Waals surface area contributed by atoms with E-state index in [1.54, 1.807) is 23.8 Å². The first-order valence-electron chi connectivity index (χ1n) is 5.71. The van der Waals surface area contributed by atoms with E-state index < -0.39 is 17.5 Å². The fourth-order valence-corrected chi connectivity index (χ4v) is 2.56. The highest BCUT2D eigenvalue weighted by atomic mass is 32.1. The van der Waals surface area contributed by atoms with Crippen molar-refractivity contribution in [3.05, 3.63) is 63.8 Å². The van der Waals surface area contributed by atoms with E-state index in [0.717, 1.165) is 16.5 Å². The largest absolute Gasteiger partial charge is 0.502 e. The lowest BCUT2D eigenvalue weighted by Gasteiger charge is -2.01. The first-order chi connectivity index (χ1) is 9.58. The highest BCUT2D eigenvalue weighted by molar-refractivity contribution is 7.10. The first-order valence-corrected chi connectivity index (χ1v) is 6.59. The molecular weight excluding hydrogens is 278 g/mol. The molecule has 20 heavy (non-hydrogen) atoms. The van der Waals surface area contributed by atoms with Crippen LogP contribution < -0.4 is 0 Å². The Kier molecular flexibility index (Phi) is 4.27. The molecule has 0 saturated carbocycles. The number of nitrogens with zero attached hydrogens (tertiary/aromatic N) is 1. The van der Waals surface area contributed by atoms with E-state index in [9.17, 15) is 9.59 Å². The van der Waals surface area contributed by atoms with E-state index in [1.165, 1.54) is 11.3 Å². The van der Waals surface area contributed by atoms with Crippen molar-refractivity contribution in [3.63, 3.8) is 0 Å². The average Bonchev–Trinajstić information content (AvgIpc) is 2.88. The molecular formula is C14H11NO4S. The van der Waals surface area contributed by atoms with Gasteiger partial charge in [-0.3, -0.25) is 9.78 Å². The third kappa shape index (κ3) is 3.30. The second-order valence-corrected chi connectivity index (χ2v) is 4.99. The minimum Gasteiger partial charge on any atom is -0.502 e. The Bertz CT molecular complexity index is 661. The molecule has 2 aromatic rings. The number of hydrogen-bond donors (Lipinski definition) is 2. The molecule has 2 rings (SSSR count). The van der Waals surface area contributed by atoms with Crippen molar-refractivity contribution in [3.8, 4) is 0 Å².